The van der Waals surface area contributed by atoms with E-state index in [0.717, 1.165) is 24.3 Å². The monoisotopic (exact) mass is 508 g/mol. The van der Waals surface area contributed by atoms with Gasteiger partial charge >= 0.3 is 6.18 Å². The Morgan fingerprint density at radius 1 is 1.31 bits per heavy atom. The zero-order valence-electron chi connectivity index (χ0n) is 18.8. The maximum Gasteiger partial charge on any atom is 0.431 e. The average Bonchev–Trinajstić information content (AvgIpc) is 2.81. The first-order valence-electron chi connectivity index (χ1n) is 10.4. The molecule has 36 heavy (non-hydrogen) atoms. The number of hydrogen-bond acceptors (Lipinski definition) is 7. The number of nitrogens with one attached hydrogen (secondary N) is 1. The summed E-state index contributed by atoms with van der Waals surface area (Å²) in [4.78, 5) is 45.7. The van der Waals surface area contributed by atoms with Crippen LogP contribution in [0.5, 0.6) is 5.75 Å². The van der Waals surface area contributed by atoms with Crippen molar-refractivity contribution < 1.29 is 32.3 Å². The number of benzene rings is 1. The highest BCUT2D eigenvalue weighted by Crippen LogP contribution is 2.35. The maximum absolute atomic E-state index is 14.5. The van der Waals surface area contributed by atoms with Crippen LogP contribution in [0.3, 0.4) is 0 Å². The van der Waals surface area contributed by atoms with E-state index in [2.05, 4.69) is 21.9 Å². The number of fused-ring (bicyclic) bond motifs is 1. The second kappa shape index (κ2) is 10.0. The molecule has 3 aromatic rings. The van der Waals surface area contributed by atoms with Gasteiger partial charge in [0.05, 0.1) is 5.39 Å². The fourth-order valence-corrected chi connectivity index (χ4v) is 3.45. The molecular formula is C22H20F4N6O4. The smallest absolute Gasteiger partial charge is 0.431 e. The van der Waals surface area contributed by atoms with Crippen molar-refractivity contribution in [1.82, 2.24) is 19.4 Å². The van der Waals surface area contributed by atoms with E-state index < -0.39 is 63.2 Å². The minimum atomic E-state index is -5.18. The third kappa shape index (κ3) is 4.96. The summed E-state index contributed by atoms with van der Waals surface area (Å²) < 4.78 is 56.5. The maximum atomic E-state index is 14.5. The second-order valence-corrected chi connectivity index (χ2v) is 7.35. The predicted molar refractivity (Wildman–Crippen MR) is 121 cm³/mol. The Balaban J connectivity index is 2.28. The summed E-state index contributed by atoms with van der Waals surface area (Å²) in [7, 11) is 0. The van der Waals surface area contributed by atoms with Crippen molar-refractivity contribution in [3.63, 3.8) is 0 Å². The number of phenols is 1. The molecule has 190 valence electrons. The summed E-state index contributed by atoms with van der Waals surface area (Å²) >= 11 is 0. The highest BCUT2D eigenvalue weighted by Gasteiger charge is 2.37. The van der Waals surface area contributed by atoms with E-state index in [1.54, 1.807) is 6.92 Å². The molecule has 0 bridgehead atoms. The van der Waals surface area contributed by atoms with Crippen molar-refractivity contribution >= 4 is 28.5 Å². The summed E-state index contributed by atoms with van der Waals surface area (Å²) in [6.45, 7) is 5.41. The van der Waals surface area contributed by atoms with E-state index in [1.807, 2.05) is 0 Å². The first kappa shape index (κ1) is 26.1. The van der Waals surface area contributed by atoms with Crippen molar-refractivity contribution in [2.75, 3.05) is 25.0 Å². The number of aromatic nitrogens is 3. The van der Waals surface area contributed by atoms with Crippen molar-refractivity contribution in [2.45, 2.75) is 13.1 Å². The number of phenolic OH excluding ortho intramolecular Hbond substituents is 1. The lowest BCUT2D eigenvalue weighted by atomic mass is 10.1. The van der Waals surface area contributed by atoms with Crippen LogP contribution in [0.1, 0.15) is 23.2 Å². The van der Waals surface area contributed by atoms with E-state index in [-0.39, 0.29) is 23.5 Å². The number of carbonyl (C=O) groups excluding carboxylic acids is 2. The molecule has 1 aromatic carbocycles. The predicted octanol–water partition coefficient (Wildman–Crippen LogP) is 2.19. The van der Waals surface area contributed by atoms with Crippen molar-refractivity contribution in [3.8, 4) is 11.4 Å². The zero-order valence-corrected chi connectivity index (χ0v) is 18.8. The zero-order chi connectivity index (χ0) is 26.8. The molecular weight excluding hydrogens is 488 g/mol. The van der Waals surface area contributed by atoms with Crippen LogP contribution in [0.15, 0.2) is 41.7 Å². The van der Waals surface area contributed by atoms with E-state index in [0.29, 0.717) is 12.6 Å². The minimum absolute atomic E-state index is 0.0454. The van der Waals surface area contributed by atoms with E-state index >= 15 is 0 Å². The number of carbonyl (C=O) groups is 2. The minimum Gasteiger partial charge on any atom is -0.506 e. The summed E-state index contributed by atoms with van der Waals surface area (Å²) in [6, 6.07) is 3.19. The molecule has 10 nitrogen and oxygen atoms in total. The fraction of sp³-hybridized carbons (Fsp3) is 0.227. The van der Waals surface area contributed by atoms with Gasteiger partial charge in [0, 0.05) is 19.6 Å². The van der Waals surface area contributed by atoms with Crippen LogP contribution in [0.4, 0.5) is 23.4 Å². The lowest BCUT2D eigenvalue weighted by Crippen LogP contribution is -2.34. The lowest BCUT2D eigenvalue weighted by molar-refractivity contribution is -0.142. The Hall–Kier alpha value is -4.49. The molecule has 0 aliphatic heterocycles. The molecule has 0 unspecified atom stereocenters. The molecule has 0 aliphatic rings. The number of amides is 2. The van der Waals surface area contributed by atoms with Crippen LogP contribution in [-0.2, 0) is 11.0 Å². The number of halogens is 4. The standard InChI is InChI=1S/C22H20F4N6O4/c1-3-15(34)31(4-2)9-8-28-19-11-10-14(22(24,25)26)32(17-12(23)6-5-7-13(17)33)21(36)16(11)29-20(30-19)18(27)35/h3,5-7,10,33H,1,4,8-9H2,2H3,(H2,27,35)(H,28,29,30). The molecule has 2 amide bonds. The SMILES string of the molecule is C=CC(=O)N(CC)CCNc1nc(C(N)=O)nc2c(=O)n(-c3c(O)cccc3F)c(C(F)(F)F)cc12. The molecule has 0 radical (unpaired) electrons. The van der Waals surface area contributed by atoms with Gasteiger partial charge in [0.2, 0.25) is 11.7 Å². The highest BCUT2D eigenvalue weighted by molar-refractivity contribution is 5.95. The first-order chi connectivity index (χ1) is 16.9. The molecule has 0 spiro atoms. The van der Waals surface area contributed by atoms with Crippen LogP contribution in [-0.4, -0.2) is 56.0 Å². The molecule has 0 saturated carbocycles. The van der Waals surface area contributed by atoms with Crippen LogP contribution >= 0.6 is 0 Å². The number of anilines is 1. The molecule has 2 aromatic heterocycles. The number of pyridine rings is 1. The number of para-hydroxylation sites is 1. The number of likely N-dealkylation sites (N-methyl/N-ethyl adjacent to an activating group) is 1. The van der Waals surface area contributed by atoms with Gasteiger partial charge in [0.1, 0.15) is 28.5 Å². The van der Waals surface area contributed by atoms with Gasteiger partial charge in [0.25, 0.3) is 11.5 Å². The molecule has 0 saturated heterocycles. The Labute approximate surface area is 200 Å². The summed E-state index contributed by atoms with van der Waals surface area (Å²) in [5, 5.41) is 12.3. The third-order valence-corrected chi connectivity index (χ3v) is 5.12. The summed E-state index contributed by atoms with van der Waals surface area (Å²) in [6.07, 6.45) is -4.10. The largest absolute Gasteiger partial charge is 0.506 e. The fourth-order valence-electron chi connectivity index (χ4n) is 3.45. The lowest BCUT2D eigenvalue weighted by Gasteiger charge is -2.21. The van der Waals surface area contributed by atoms with Crippen molar-refractivity contribution in [2.24, 2.45) is 5.73 Å². The molecule has 0 atom stereocenters. The Kier molecular flexibility index (Phi) is 7.27. The van der Waals surface area contributed by atoms with Gasteiger partial charge in [-0.2, -0.15) is 13.2 Å². The second-order valence-electron chi connectivity index (χ2n) is 7.35. The van der Waals surface area contributed by atoms with Crippen LogP contribution in [0.2, 0.25) is 0 Å². The van der Waals surface area contributed by atoms with Gasteiger partial charge in [-0.1, -0.05) is 12.6 Å². The summed E-state index contributed by atoms with van der Waals surface area (Å²) in [5.74, 6) is -4.86. The number of nitrogens with two attached hydrogens (primary N) is 1. The topological polar surface area (TPSA) is 143 Å². The molecule has 2 heterocycles. The van der Waals surface area contributed by atoms with Gasteiger partial charge in [-0.15, -0.1) is 0 Å². The normalized spacial score (nSPS) is 11.4. The Morgan fingerprint density at radius 3 is 2.56 bits per heavy atom. The molecule has 0 aliphatic carbocycles. The Morgan fingerprint density at radius 2 is 2.00 bits per heavy atom. The quantitative estimate of drug-likeness (QED) is 0.313. The van der Waals surface area contributed by atoms with Gasteiger partial charge in [0.15, 0.2) is 5.82 Å². The molecule has 0 fully saturated rings. The Bertz CT molecular complexity index is 1400. The molecule has 14 heteroatoms. The first-order valence-corrected chi connectivity index (χ1v) is 10.4. The van der Waals surface area contributed by atoms with Gasteiger partial charge in [-0.05, 0) is 31.2 Å². The number of rotatable bonds is 8. The van der Waals surface area contributed by atoms with Gasteiger partial charge < -0.3 is 21.1 Å². The van der Waals surface area contributed by atoms with Gasteiger partial charge in [-0.25, -0.2) is 14.4 Å². The van der Waals surface area contributed by atoms with Gasteiger partial charge in [-0.3, -0.25) is 19.0 Å². The van der Waals surface area contributed by atoms with Crippen molar-refractivity contribution in [3.05, 3.63) is 64.6 Å². The number of alkyl halides is 3. The molecule has 3 rings (SSSR count). The number of aromatic hydroxyl groups is 1. The summed E-state index contributed by atoms with van der Waals surface area (Å²) in [5.41, 5.74) is 0.384. The third-order valence-electron chi connectivity index (χ3n) is 5.12. The van der Waals surface area contributed by atoms with Crippen LogP contribution in [0, 0.1) is 5.82 Å². The van der Waals surface area contributed by atoms with E-state index in [1.165, 1.54) is 4.90 Å². The van der Waals surface area contributed by atoms with E-state index in [9.17, 15) is 37.1 Å². The van der Waals surface area contributed by atoms with Crippen LogP contribution < -0.4 is 16.6 Å². The van der Waals surface area contributed by atoms with Crippen molar-refractivity contribution in [1.29, 1.82) is 0 Å². The molecule has 4 N–H and O–H groups in total. The average molecular weight is 508 g/mol. The van der Waals surface area contributed by atoms with E-state index in [4.69, 9.17) is 5.73 Å². The number of nitrogens with zero attached hydrogens (tertiary/aromatic N) is 4. The highest BCUT2D eigenvalue weighted by atomic mass is 19.4. The van der Waals surface area contributed by atoms with Crippen LogP contribution in [0.25, 0.3) is 16.6 Å². The number of primary amides is 1. The number of hydrogen-bond donors (Lipinski definition) is 3.